The van der Waals surface area contributed by atoms with Gasteiger partial charge in [-0.15, -0.1) is 0 Å². The number of rotatable bonds is 8. The van der Waals surface area contributed by atoms with Crippen LogP contribution in [0.2, 0.25) is 0 Å². The molecule has 1 aliphatic rings. The molecule has 1 saturated heterocycles. The highest BCUT2D eigenvalue weighted by Crippen LogP contribution is 2.21. The number of carbonyl (C=O) groups excluding carboxylic acids is 1. The van der Waals surface area contributed by atoms with Crippen molar-refractivity contribution in [1.82, 2.24) is 14.9 Å². The SMILES string of the molecule is COc1ccc(S(=O)(=O)N[C@@H](C)C(=O)NCCN2CCOCC2)cc1C. The molecule has 0 unspecified atom stereocenters. The molecule has 1 heterocycles. The summed E-state index contributed by atoms with van der Waals surface area (Å²) in [5.41, 5.74) is 0.706. The second-order valence-electron chi connectivity index (χ2n) is 6.22. The van der Waals surface area contributed by atoms with Crippen LogP contribution in [0.1, 0.15) is 12.5 Å². The molecule has 0 radical (unpaired) electrons. The van der Waals surface area contributed by atoms with E-state index in [2.05, 4.69) is 14.9 Å². The van der Waals surface area contributed by atoms with Gasteiger partial charge in [0, 0.05) is 26.2 Å². The van der Waals surface area contributed by atoms with Crippen LogP contribution in [0.25, 0.3) is 0 Å². The topological polar surface area (TPSA) is 97.0 Å². The number of hydrogen-bond acceptors (Lipinski definition) is 6. The number of carbonyl (C=O) groups is 1. The predicted molar refractivity (Wildman–Crippen MR) is 97.8 cm³/mol. The first-order chi connectivity index (χ1) is 12.3. The third-order valence-corrected chi connectivity index (χ3v) is 5.77. The van der Waals surface area contributed by atoms with E-state index in [-0.39, 0.29) is 10.8 Å². The van der Waals surface area contributed by atoms with Gasteiger partial charge in [-0.05, 0) is 37.6 Å². The largest absolute Gasteiger partial charge is 0.496 e. The second kappa shape index (κ2) is 9.31. The molecule has 0 saturated carbocycles. The average molecular weight is 385 g/mol. The van der Waals surface area contributed by atoms with Gasteiger partial charge in [0.2, 0.25) is 15.9 Å². The summed E-state index contributed by atoms with van der Waals surface area (Å²) in [6.45, 7) is 7.55. The molecule has 1 fully saturated rings. The molecule has 146 valence electrons. The van der Waals surface area contributed by atoms with Crippen molar-refractivity contribution in [3.63, 3.8) is 0 Å². The lowest BCUT2D eigenvalue weighted by atomic mass is 10.2. The number of aryl methyl sites for hydroxylation is 1. The quantitative estimate of drug-likeness (QED) is 0.660. The summed E-state index contributed by atoms with van der Waals surface area (Å²) >= 11 is 0. The smallest absolute Gasteiger partial charge is 0.241 e. The van der Waals surface area contributed by atoms with E-state index < -0.39 is 16.1 Å². The maximum atomic E-state index is 12.5. The number of amides is 1. The maximum Gasteiger partial charge on any atom is 0.241 e. The van der Waals surface area contributed by atoms with Crippen LogP contribution < -0.4 is 14.8 Å². The van der Waals surface area contributed by atoms with Gasteiger partial charge in [0.1, 0.15) is 5.75 Å². The Morgan fingerprint density at radius 3 is 2.65 bits per heavy atom. The summed E-state index contributed by atoms with van der Waals surface area (Å²) in [6.07, 6.45) is 0. The summed E-state index contributed by atoms with van der Waals surface area (Å²) < 4.78 is 37.7. The maximum absolute atomic E-state index is 12.5. The lowest BCUT2D eigenvalue weighted by Gasteiger charge is -2.26. The number of ether oxygens (including phenoxy) is 2. The molecule has 1 aromatic carbocycles. The van der Waals surface area contributed by atoms with Gasteiger partial charge in [-0.3, -0.25) is 9.69 Å². The first-order valence-electron chi connectivity index (χ1n) is 8.58. The summed E-state index contributed by atoms with van der Waals surface area (Å²) in [4.78, 5) is 14.5. The van der Waals surface area contributed by atoms with Gasteiger partial charge >= 0.3 is 0 Å². The van der Waals surface area contributed by atoms with Gasteiger partial charge < -0.3 is 14.8 Å². The van der Waals surface area contributed by atoms with Crippen molar-refractivity contribution in [3.8, 4) is 5.75 Å². The highest BCUT2D eigenvalue weighted by atomic mass is 32.2. The Morgan fingerprint density at radius 1 is 1.35 bits per heavy atom. The van der Waals surface area contributed by atoms with Gasteiger partial charge in [0.05, 0.1) is 31.3 Å². The number of sulfonamides is 1. The lowest BCUT2D eigenvalue weighted by Crippen LogP contribution is -2.47. The minimum atomic E-state index is -3.79. The first kappa shape index (κ1) is 20.6. The number of morpholine rings is 1. The van der Waals surface area contributed by atoms with E-state index in [1.165, 1.54) is 26.2 Å². The molecule has 0 aliphatic carbocycles. The Labute approximate surface area is 154 Å². The Balaban J connectivity index is 1.87. The standard InChI is InChI=1S/C17H27N3O5S/c1-13-12-15(4-5-16(13)24-3)26(22,23)19-14(2)17(21)18-6-7-20-8-10-25-11-9-20/h4-5,12,14,19H,6-11H2,1-3H3,(H,18,21)/t14-/m0/s1. The normalized spacial score (nSPS) is 16.9. The van der Waals surface area contributed by atoms with E-state index in [0.717, 1.165) is 13.1 Å². The molecule has 9 heteroatoms. The minimum absolute atomic E-state index is 0.101. The fraction of sp³-hybridized carbons (Fsp3) is 0.588. The van der Waals surface area contributed by atoms with Crippen molar-refractivity contribution in [1.29, 1.82) is 0 Å². The molecule has 1 amide bonds. The molecule has 0 bridgehead atoms. The van der Waals surface area contributed by atoms with Crippen LogP contribution in [-0.4, -0.2) is 71.8 Å². The van der Waals surface area contributed by atoms with Crippen LogP contribution in [0.3, 0.4) is 0 Å². The van der Waals surface area contributed by atoms with Crippen LogP contribution >= 0.6 is 0 Å². The van der Waals surface area contributed by atoms with Gasteiger partial charge in [0.15, 0.2) is 0 Å². The van der Waals surface area contributed by atoms with E-state index in [1.54, 1.807) is 13.0 Å². The lowest BCUT2D eigenvalue weighted by molar-refractivity contribution is -0.122. The number of benzene rings is 1. The zero-order valence-electron chi connectivity index (χ0n) is 15.4. The number of methoxy groups -OCH3 is 1. The summed E-state index contributed by atoms with van der Waals surface area (Å²) in [5.74, 6) is 0.255. The summed E-state index contributed by atoms with van der Waals surface area (Å²) in [5, 5.41) is 2.77. The number of nitrogens with zero attached hydrogens (tertiary/aromatic N) is 1. The number of nitrogens with one attached hydrogen (secondary N) is 2. The third-order valence-electron chi connectivity index (χ3n) is 4.23. The Kier molecular flexibility index (Phi) is 7.39. The molecule has 2 N–H and O–H groups in total. The van der Waals surface area contributed by atoms with Crippen LogP contribution in [-0.2, 0) is 19.6 Å². The van der Waals surface area contributed by atoms with Crippen molar-refractivity contribution in [2.45, 2.75) is 24.8 Å². The van der Waals surface area contributed by atoms with Crippen molar-refractivity contribution in [2.75, 3.05) is 46.5 Å². The van der Waals surface area contributed by atoms with Crippen LogP contribution in [0.4, 0.5) is 0 Å². The summed E-state index contributed by atoms with van der Waals surface area (Å²) in [6, 6.07) is 3.70. The van der Waals surface area contributed by atoms with Gasteiger partial charge in [0.25, 0.3) is 0 Å². The molecule has 1 aromatic rings. The monoisotopic (exact) mass is 385 g/mol. The molecule has 8 nitrogen and oxygen atoms in total. The van der Waals surface area contributed by atoms with Crippen molar-refractivity contribution in [2.24, 2.45) is 0 Å². The highest BCUT2D eigenvalue weighted by molar-refractivity contribution is 7.89. The zero-order valence-corrected chi connectivity index (χ0v) is 16.3. The van der Waals surface area contributed by atoms with Gasteiger partial charge in [-0.2, -0.15) is 4.72 Å². The average Bonchev–Trinajstić information content (AvgIpc) is 2.62. The van der Waals surface area contributed by atoms with E-state index in [1.807, 2.05) is 0 Å². The third kappa shape index (κ3) is 5.66. The van der Waals surface area contributed by atoms with Crippen LogP contribution in [0, 0.1) is 6.92 Å². The van der Waals surface area contributed by atoms with Crippen LogP contribution in [0.15, 0.2) is 23.1 Å². The van der Waals surface area contributed by atoms with Crippen molar-refractivity contribution >= 4 is 15.9 Å². The molecule has 0 aromatic heterocycles. The first-order valence-corrected chi connectivity index (χ1v) is 10.1. The molecule has 2 rings (SSSR count). The Bertz CT molecular complexity index is 717. The fourth-order valence-corrected chi connectivity index (χ4v) is 3.98. The Hall–Kier alpha value is -1.68. The molecule has 26 heavy (non-hydrogen) atoms. The zero-order chi connectivity index (χ0) is 19.2. The van der Waals surface area contributed by atoms with Gasteiger partial charge in [-0.25, -0.2) is 8.42 Å². The Morgan fingerprint density at radius 2 is 2.04 bits per heavy atom. The predicted octanol–water partition coefficient (Wildman–Crippen LogP) is 0.119. The van der Waals surface area contributed by atoms with Crippen molar-refractivity contribution < 1.29 is 22.7 Å². The highest BCUT2D eigenvalue weighted by Gasteiger charge is 2.22. The van der Waals surface area contributed by atoms with E-state index in [0.29, 0.717) is 37.6 Å². The van der Waals surface area contributed by atoms with E-state index in [4.69, 9.17) is 9.47 Å². The second-order valence-corrected chi connectivity index (χ2v) is 7.93. The fourth-order valence-electron chi connectivity index (χ4n) is 2.69. The molecular weight excluding hydrogens is 358 g/mol. The van der Waals surface area contributed by atoms with Crippen molar-refractivity contribution in [3.05, 3.63) is 23.8 Å². The minimum Gasteiger partial charge on any atom is -0.496 e. The molecule has 1 aliphatic heterocycles. The molecular formula is C17H27N3O5S. The molecule has 0 spiro atoms. The van der Waals surface area contributed by atoms with Gasteiger partial charge in [-0.1, -0.05) is 0 Å². The van der Waals surface area contributed by atoms with E-state index in [9.17, 15) is 13.2 Å². The van der Waals surface area contributed by atoms with E-state index >= 15 is 0 Å². The summed E-state index contributed by atoms with van der Waals surface area (Å²) in [7, 11) is -2.26. The molecule has 1 atom stereocenters. The van der Waals surface area contributed by atoms with Crippen LogP contribution in [0.5, 0.6) is 5.75 Å². The number of hydrogen-bond donors (Lipinski definition) is 2.